The molecular weight excluding hydrogens is 234 g/mol. The topological polar surface area (TPSA) is 29.9 Å². The van der Waals surface area contributed by atoms with Gasteiger partial charge in [0.05, 0.1) is 6.33 Å². The normalized spacial score (nSPS) is 16.9. The lowest BCUT2D eigenvalue weighted by molar-refractivity contribution is 0.471. The average Bonchev–Trinajstić information content (AvgIpc) is 3.12. The third-order valence-corrected chi connectivity index (χ3v) is 3.69. The fourth-order valence-corrected chi connectivity index (χ4v) is 2.55. The standard InChI is InChI=1S/C16H19N3/c1-13(18-15-4-2-3-5-15)14-6-8-16(9-7-14)19-11-10-17-12-19/h2-3,6-13,15,18H,4-5H2,1H3. The van der Waals surface area contributed by atoms with Crippen molar-refractivity contribution in [3.8, 4) is 5.69 Å². The van der Waals surface area contributed by atoms with Crippen molar-refractivity contribution in [1.29, 1.82) is 0 Å². The second kappa shape index (κ2) is 5.41. The van der Waals surface area contributed by atoms with Crippen LogP contribution in [0.15, 0.2) is 55.1 Å². The molecule has 0 bridgehead atoms. The lowest BCUT2D eigenvalue weighted by Gasteiger charge is -2.20. The van der Waals surface area contributed by atoms with Crippen LogP contribution in [-0.4, -0.2) is 15.6 Å². The Morgan fingerprint density at radius 2 is 1.95 bits per heavy atom. The van der Waals surface area contributed by atoms with Gasteiger partial charge < -0.3 is 9.88 Å². The summed E-state index contributed by atoms with van der Waals surface area (Å²) in [4.78, 5) is 4.07. The first-order valence-corrected chi connectivity index (χ1v) is 6.82. The van der Waals surface area contributed by atoms with Gasteiger partial charge in [-0.3, -0.25) is 0 Å². The quantitative estimate of drug-likeness (QED) is 0.848. The zero-order valence-corrected chi connectivity index (χ0v) is 11.2. The molecule has 1 aliphatic carbocycles. The van der Waals surface area contributed by atoms with Gasteiger partial charge in [-0.1, -0.05) is 24.3 Å². The van der Waals surface area contributed by atoms with Gasteiger partial charge in [0.15, 0.2) is 0 Å². The molecule has 0 saturated heterocycles. The molecule has 0 fully saturated rings. The van der Waals surface area contributed by atoms with E-state index in [1.165, 1.54) is 5.56 Å². The largest absolute Gasteiger partial charge is 0.307 e. The highest BCUT2D eigenvalue weighted by molar-refractivity contribution is 5.35. The van der Waals surface area contributed by atoms with Crippen LogP contribution in [0, 0.1) is 0 Å². The van der Waals surface area contributed by atoms with Crippen molar-refractivity contribution >= 4 is 0 Å². The van der Waals surface area contributed by atoms with E-state index in [4.69, 9.17) is 0 Å². The van der Waals surface area contributed by atoms with Gasteiger partial charge in [0.2, 0.25) is 0 Å². The number of rotatable bonds is 4. The fourth-order valence-electron chi connectivity index (χ4n) is 2.55. The predicted octanol–water partition coefficient (Wildman–Crippen LogP) is 3.24. The van der Waals surface area contributed by atoms with Crippen LogP contribution in [0.4, 0.5) is 0 Å². The highest BCUT2D eigenvalue weighted by Gasteiger charge is 2.14. The number of nitrogens with one attached hydrogen (secondary N) is 1. The van der Waals surface area contributed by atoms with Crippen molar-refractivity contribution in [2.45, 2.75) is 31.8 Å². The molecule has 1 aromatic carbocycles. The molecule has 0 aliphatic heterocycles. The third-order valence-electron chi connectivity index (χ3n) is 3.69. The summed E-state index contributed by atoms with van der Waals surface area (Å²) in [6, 6.07) is 9.65. The van der Waals surface area contributed by atoms with E-state index < -0.39 is 0 Å². The molecule has 1 heterocycles. The maximum Gasteiger partial charge on any atom is 0.0991 e. The molecule has 0 amide bonds. The summed E-state index contributed by atoms with van der Waals surface area (Å²) in [5, 5.41) is 3.67. The van der Waals surface area contributed by atoms with Crippen LogP contribution in [0.1, 0.15) is 31.4 Å². The Kier molecular flexibility index (Phi) is 3.47. The maximum absolute atomic E-state index is 4.07. The number of aromatic nitrogens is 2. The van der Waals surface area contributed by atoms with Gasteiger partial charge in [-0.25, -0.2) is 4.98 Å². The molecule has 3 heteroatoms. The number of nitrogens with zero attached hydrogens (tertiary/aromatic N) is 2. The van der Waals surface area contributed by atoms with Crippen molar-refractivity contribution in [3.63, 3.8) is 0 Å². The van der Waals surface area contributed by atoms with E-state index in [2.05, 4.69) is 53.6 Å². The Bertz CT molecular complexity index is 532. The molecule has 0 saturated carbocycles. The minimum Gasteiger partial charge on any atom is -0.307 e. The highest BCUT2D eigenvalue weighted by Crippen LogP contribution is 2.19. The molecule has 98 valence electrons. The van der Waals surface area contributed by atoms with Crippen LogP contribution in [-0.2, 0) is 0 Å². The molecule has 3 nitrogen and oxygen atoms in total. The molecule has 19 heavy (non-hydrogen) atoms. The molecule has 1 aliphatic rings. The van der Waals surface area contributed by atoms with Gasteiger partial charge in [-0.15, -0.1) is 0 Å². The zero-order chi connectivity index (χ0) is 13.1. The maximum atomic E-state index is 4.07. The summed E-state index contributed by atoms with van der Waals surface area (Å²) in [6.07, 6.45) is 12.4. The SMILES string of the molecule is CC(NC1CC=CC1)c1ccc(-n2ccnc2)cc1. The van der Waals surface area contributed by atoms with Crippen LogP contribution in [0.5, 0.6) is 0 Å². The fraction of sp³-hybridized carbons (Fsp3) is 0.312. The van der Waals surface area contributed by atoms with E-state index in [1.54, 1.807) is 6.20 Å². The Balaban J connectivity index is 1.68. The van der Waals surface area contributed by atoms with Gasteiger partial charge in [-0.05, 0) is 37.5 Å². The first-order chi connectivity index (χ1) is 9.33. The van der Waals surface area contributed by atoms with Crippen LogP contribution in [0.3, 0.4) is 0 Å². The van der Waals surface area contributed by atoms with Crippen molar-refractivity contribution in [2.75, 3.05) is 0 Å². The van der Waals surface area contributed by atoms with Gasteiger partial charge in [0, 0.05) is 30.2 Å². The summed E-state index contributed by atoms with van der Waals surface area (Å²) in [6.45, 7) is 2.23. The highest BCUT2D eigenvalue weighted by atomic mass is 15.0. The Morgan fingerprint density at radius 3 is 2.58 bits per heavy atom. The van der Waals surface area contributed by atoms with Crippen molar-refractivity contribution in [1.82, 2.24) is 14.9 Å². The minimum atomic E-state index is 0.390. The van der Waals surface area contributed by atoms with Gasteiger partial charge >= 0.3 is 0 Å². The number of hydrogen-bond donors (Lipinski definition) is 1. The predicted molar refractivity (Wildman–Crippen MR) is 77.3 cm³/mol. The number of benzene rings is 1. The average molecular weight is 253 g/mol. The molecule has 2 aromatic rings. The molecule has 1 unspecified atom stereocenters. The molecule has 0 radical (unpaired) electrons. The number of imidazole rings is 1. The summed E-state index contributed by atoms with van der Waals surface area (Å²) in [7, 11) is 0. The number of hydrogen-bond acceptors (Lipinski definition) is 2. The zero-order valence-electron chi connectivity index (χ0n) is 11.2. The van der Waals surface area contributed by atoms with Gasteiger partial charge in [0.1, 0.15) is 0 Å². The van der Waals surface area contributed by atoms with Crippen LogP contribution in [0.2, 0.25) is 0 Å². The van der Waals surface area contributed by atoms with E-state index in [9.17, 15) is 0 Å². The van der Waals surface area contributed by atoms with Gasteiger partial charge in [0.25, 0.3) is 0 Å². The molecule has 0 spiro atoms. The summed E-state index contributed by atoms with van der Waals surface area (Å²) < 4.78 is 2.02. The second-order valence-corrected chi connectivity index (χ2v) is 5.09. The smallest absolute Gasteiger partial charge is 0.0991 e. The molecular formula is C16H19N3. The van der Waals surface area contributed by atoms with Crippen molar-refractivity contribution in [2.24, 2.45) is 0 Å². The van der Waals surface area contributed by atoms with E-state index in [1.807, 2.05) is 17.1 Å². The Hall–Kier alpha value is -1.87. The van der Waals surface area contributed by atoms with E-state index in [0.717, 1.165) is 18.5 Å². The second-order valence-electron chi connectivity index (χ2n) is 5.09. The van der Waals surface area contributed by atoms with Crippen LogP contribution in [0.25, 0.3) is 5.69 Å². The van der Waals surface area contributed by atoms with Crippen LogP contribution >= 0.6 is 0 Å². The molecule has 1 N–H and O–H groups in total. The van der Waals surface area contributed by atoms with E-state index in [0.29, 0.717) is 12.1 Å². The first kappa shape index (κ1) is 12.2. The van der Waals surface area contributed by atoms with Crippen LogP contribution < -0.4 is 5.32 Å². The lowest BCUT2D eigenvalue weighted by atomic mass is 10.1. The summed E-state index contributed by atoms with van der Waals surface area (Å²) in [5.41, 5.74) is 2.48. The molecule has 3 rings (SSSR count). The Morgan fingerprint density at radius 1 is 1.21 bits per heavy atom. The summed E-state index contributed by atoms with van der Waals surface area (Å²) >= 11 is 0. The third kappa shape index (κ3) is 2.76. The minimum absolute atomic E-state index is 0.390. The van der Waals surface area contributed by atoms with Crippen molar-refractivity contribution in [3.05, 3.63) is 60.7 Å². The van der Waals surface area contributed by atoms with Gasteiger partial charge in [-0.2, -0.15) is 0 Å². The Labute approximate surface area is 114 Å². The molecule has 1 aromatic heterocycles. The van der Waals surface area contributed by atoms with E-state index >= 15 is 0 Å². The monoisotopic (exact) mass is 253 g/mol. The molecule has 1 atom stereocenters. The van der Waals surface area contributed by atoms with Crippen molar-refractivity contribution < 1.29 is 0 Å². The van der Waals surface area contributed by atoms with E-state index in [-0.39, 0.29) is 0 Å². The lowest BCUT2D eigenvalue weighted by Crippen LogP contribution is -2.29. The summed E-state index contributed by atoms with van der Waals surface area (Å²) in [5.74, 6) is 0. The first-order valence-electron chi connectivity index (χ1n) is 6.82.